The number of carbonyl (C=O) groups is 1. The van der Waals surface area contributed by atoms with Crippen molar-refractivity contribution < 1.29 is 4.79 Å². The molecule has 110 valence electrons. The largest absolute Gasteiger partial charge is 0.343 e. The van der Waals surface area contributed by atoms with Crippen LogP contribution >= 0.6 is 11.6 Å². The van der Waals surface area contributed by atoms with E-state index in [2.05, 4.69) is 17.4 Å². The third kappa shape index (κ3) is 3.74. The second-order valence-corrected chi connectivity index (χ2v) is 5.72. The minimum absolute atomic E-state index is 0.237. The summed E-state index contributed by atoms with van der Waals surface area (Å²) in [4.78, 5) is 13.8. The van der Waals surface area contributed by atoms with Gasteiger partial charge < -0.3 is 10.2 Å². The Labute approximate surface area is 126 Å². The summed E-state index contributed by atoms with van der Waals surface area (Å²) in [5, 5.41) is 4.30. The molecule has 20 heavy (non-hydrogen) atoms. The van der Waals surface area contributed by atoms with Gasteiger partial charge in [-0.25, -0.2) is 0 Å². The summed E-state index contributed by atoms with van der Waals surface area (Å²) < 4.78 is 0. The molecule has 1 aromatic carbocycles. The SMILES string of the molecule is CCN(CC)C(=O)CCNC1Cc2ccc(Cl)cc2C1. The van der Waals surface area contributed by atoms with E-state index in [1.807, 2.05) is 24.8 Å². The Morgan fingerprint density at radius 1 is 1.30 bits per heavy atom. The van der Waals surface area contributed by atoms with E-state index in [1.54, 1.807) is 0 Å². The highest BCUT2D eigenvalue weighted by Crippen LogP contribution is 2.25. The molecule has 0 saturated carbocycles. The van der Waals surface area contributed by atoms with Gasteiger partial charge in [0.05, 0.1) is 0 Å². The van der Waals surface area contributed by atoms with Gasteiger partial charge in [-0.05, 0) is 49.9 Å². The smallest absolute Gasteiger partial charge is 0.223 e. The molecule has 0 fully saturated rings. The Bertz CT molecular complexity index is 472. The first-order valence-electron chi connectivity index (χ1n) is 7.42. The van der Waals surface area contributed by atoms with Gasteiger partial charge in [-0.2, -0.15) is 0 Å². The lowest BCUT2D eigenvalue weighted by Crippen LogP contribution is -2.36. The highest BCUT2D eigenvalue weighted by atomic mass is 35.5. The molecule has 0 bridgehead atoms. The lowest BCUT2D eigenvalue weighted by Gasteiger charge is -2.19. The van der Waals surface area contributed by atoms with Crippen LogP contribution < -0.4 is 5.32 Å². The van der Waals surface area contributed by atoms with Crippen LogP contribution in [0.15, 0.2) is 18.2 Å². The predicted molar refractivity (Wildman–Crippen MR) is 83.2 cm³/mol. The Morgan fingerprint density at radius 2 is 2.00 bits per heavy atom. The molecule has 1 atom stereocenters. The number of hydrogen-bond acceptors (Lipinski definition) is 2. The van der Waals surface area contributed by atoms with Crippen LogP contribution in [0.25, 0.3) is 0 Å². The second-order valence-electron chi connectivity index (χ2n) is 5.29. The third-order valence-corrected chi connectivity index (χ3v) is 4.22. The Balaban J connectivity index is 1.76. The number of carbonyl (C=O) groups excluding carboxylic acids is 1. The van der Waals surface area contributed by atoms with Gasteiger partial charge >= 0.3 is 0 Å². The van der Waals surface area contributed by atoms with Crippen molar-refractivity contribution in [1.29, 1.82) is 0 Å². The maximum Gasteiger partial charge on any atom is 0.223 e. The van der Waals surface area contributed by atoms with E-state index < -0.39 is 0 Å². The number of amides is 1. The average Bonchev–Trinajstić information content (AvgIpc) is 2.82. The maximum absolute atomic E-state index is 11.9. The van der Waals surface area contributed by atoms with Gasteiger partial charge in [-0.1, -0.05) is 17.7 Å². The molecule has 1 unspecified atom stereocenters. The number of hydrogen-bond donors (Lipinski definition) is 1. The van der Waals surface area contributed by atoms with Crippen LogP contribution in [-0.4, -0.2) is 36.5 Å². The van der Waals surface area contributed by atoms with E-state index in [0.717, 1.165) is 37.5 Å². The van der Waals surface area contributed by atoms with E-state index in [9.17, 15) is 4.79 Å². The normalized spacial score (nSPS) is 17.1. The van der Waals surface area contributed by atoms with Gasteiger partial charge in [0.1, 0.15) is 0 Å². The summed E-state index contributed by atoms with van der Waals surface area (Å²) in [6, 6.07) is 6.56. The summed E-state index contributed by atoms with van der Waals surface area (Å²) in [5.41, 5.74) is 2.71. The third-order valence-electron chi connectivity index (χ3n) is 3.99. The highest BCUT2D eigenvalue weighted by molar-refractivity contribution is 6.30. The van der Waals surface area contributed by atoms with Gasteiger partial charge in [0, 0.05) is 37.1 Å². The number of nitrogens with zero attached hydrogens (tertiary/aromatic N) is 1. The number of benzene rings is 1. The van der Waals surface area contributed by atoms with Crippen molar-refractivity contribution in [2.24, 2.45) is 0 Å². The van der Waals surface area contributed by atoms with Gasteiger partial charge in [0.15, 0.2) is 0 Å². The monoisotopic (exact) mass is 294 g/mol. The molecular weight excluding hydrogens is 272 g/mol. The Kier molecular flexibility index (Phi) is 5.44. The molecule has 0 aliphatic heterocycles. The van der Waals surface area contributed by atoms with Crippen LogP contribution in [-0.2, 0) is 17.6 Å². The average molecular weight is 295 g/mol. The summed E-state index contributed by atoms with van der Waals surface area (Å²) in [6.07, 6.45) is 2.62. The molecule has 0 spiro atoms. The number of fused-ring (bicyclic) bond motifs is 1. The maximum atomic E-state index is 11.9. The Hall–Kier alpha value is -1.06. The molecule has 1 N–H and O–H groups in total. The number of nitrogens with one attached hydrogen (secondary N) is 1. The van der Waals surface area contributed by atoms with Crippen molar-refractivity contribution in [1.82, 2.24) is 10.2 Å². The molecule has 1 amide bonds. The van der Waals surface area contributed by atoms with Crippen LogP contribution in [0, 0.1) is 0 Å². The molecular formula is C16H23ClN2O. The molecule has 4 heteroatoms. The van der Waals surface area contributed by atoms with Crippen molar-refractivity contribution in [2.75, 3.05) is 19.6 Å². The first kappa shape index (κ1) is 15.3. The zero-order chi connectivity index (χ0) is 14.5. The van der Waals surface area contributed by atoms with Crippen LogP contribution in [0.5, 0.6) is 0 Å². The first-order valence-corrected chi connectivity index (χ1v) is 7.80. The first-order chi connectivity index (χ1) is 9.63. The molecule has 1 aliphatic rings. The molecule has 0 heterocycles. The van der Waals surface area contributed by atoms with E-state index >= 15 is 0 Å². The quantitative estimate of drug-likeness (QED) is 0.875. The van der Waals surface area contributed by atoms with Crippen LogP contribution in [0.4, 0.5) is 0 Å². The molecule has 1 aromatic rings. The van der Waals surface area contributed by atoms with Crippen molar-refractivity contribution in [3.63, 3.8) is 0 Å². The van der Waals surface area contributed by atoms with Crippen molar-refractivity contribution in [3.05, 3.63) is 34.3 Å². The second kappa shape index (κ2) is 7.09. The summed E-state index contributed by atoms with van der Waals surface area (Å²) in [7, 11) is 0. The standard InChI is InChI=1S/C16H23ClN2O/c1-3-19(4-2)16(20)7-8-18-15-10-12-5-6-14(17)9-13(12)11-15/h5-6,9,15,18H,3-4,7-8,10-11H2,1-2H3. The Morgan fingerprint density at radius 3 is 2.70 bits per heavy atom. The van der Waals surface area contributed by atoms with Crippen LogP contribution in [0.1, 0.15) is 31.4 Å². The van der Waals surface area contributed by atoms with E-state index in [-0.39, 0.29) is 5.91 Å². The fourth-order valence-electron chi connectivity index (χ4n) is 2.85. The summed E-state index contributed by atoms with van der Waals surface area (Å²) in [6.45, 7) is 6.38. The number of rotatable bonds is 6. The summed E-state index contributed by atoms with van der Waals surface area (Å²) in [5.74, 6) is 0.237. The summed E-state index contributed by atoms with van der Waals surface area (Å²) >= 11 is 6.01. The predicted octanol–water partition coefficient (Wildman–Crippen LogP) is 2.66. The lowest BCUT2D eigenvalue weighted by molar-refractivity contribution is -0.130. The topological polar surface area (TPSA) is 32.3 Å². The van der Waals surface area contributed by atoms with Crippen molar-refractivity contribution >= 4 is 17.5 Å². The lowest BCUT2D eigenvalue weighted by atomic mass is 10.1. The van der Waals surface area contributed by atoms with E-state index in [0.29, 0.717) is 12.5 Å². The minimum Gasteiger partial charge on any atom is -0.343 e. The highest BCUT2D eigenvalue weighted by Gasteiger charge is 2.21. The molecule has 0 saturated heterocycles. The van der Waals surface area contributed by atoms with Gasteiger partial charge in [0.2, 0.25) is 5.91 Å². The van der Waals surface area contributed by atoms with Gasteiger partial charge in [-0.3, -0.25) is 4.79 Å². The number of halogens is 1. The van der Waals surface area contributed by atoms with Crippen LogP contribution in [0.3, 0.4) is 0 Å². The van der Waals surface area contributed by atoms with Crippen LogP contribution in [0.2, 0.25) is 5.02 Å². The molecule has 2 rings (SSSR count). The minimum atomic E-state index is 0.237. The molecule has 3 nitrogen and oxygen atoms in total. The van der Waals surface area contributed by atoms with Gasteiger partial charge in [0.25, 0.3) is 0 Å². The zero-order valence-corrected chi connectivity index (χ0v) is 13.0. The fourth-order valence-corrected chi connectivity index (χ4v) is 3.04. The zero-order valence-electron chi connectivity index (χ0n) is 12.3. The molecule has 0 radical (unpaired) electrons. The van der Waals surface area contributed by atoms with Gasteiger partial charge in [-0.15, -0.1) is 0 Å². The van der Waals surface area contributed by atoms with E-state index in [4.69, 9.17) is 11.6 Å². The van der Waals surface area contributed by atoms with E-state index in [1.165, 1.54) is 11.1 Å². The van der Waals surface area contributed by atoms with Crippen molar-refractivity contribution in [2.45, 2.75) is 39.2 Å². The van der Waals surface area contributed by atoms with Crippen molar-refractivity contribution in [3.8, 4) is 0 Å². The fraction of sp³-hybridized carbons (Fsp3) is 0.562. The molecule has 1 aliphatic carbocycles. The molecule has 0 aromatic heterocycles.